The lowest BCUT2D eigenvalue weighted by molar-refractivity contribution is -0.113. The quantitative estimate of drug-likeness (QED) is 0.329. The third-order valence-electron chi connectivity index (χ3n) is 4.88. The van der Waals surface area contributed by atoms with Crippen molar-refractivity contribution in [2.45, 2.75) is 30.6 Å². The fraction of sp³-hybridized carbons (Fsp3) is 0.333. The van der Waals surface area contributed by atoms with Crippen LogP contribution in [0.2, 0.25) is 0 Å². The monoisotopic (exact) mass is 459 g/mol. The maximum absolute atomic E-state index is 13.1. The molecule has 0 bridgehead atoms. The fourth-order valence-corrected chi connectivity index (χ4v) is 4.96. The zero-order valence-corrected chi connectivity index (χ0v) is 18.5. The van der Waals surface area contributed by atoms with E-state index < -0.39 is 5.97 Å². The van der Waals surface area contributed by atoms with Gasteiger partial charge in [-0.3, -0.25) is 14.2 Å². The summed E-state index contributed by atoms with van der Waals surface area (Å²) in [6, 6.07) is 8.82. The lowest BCUT2D eigenvalue weighted by Gasteiger charge is -2.16. The van der Waals surface area contributed by atoms with Gasteiger partial charge in [0.25, 0.3) is 5.56 Å². The first-order valence-corrected chi connectivity index (χ1v) is 11.6. The fourth-order valence-electron chi connectivity index (χ4n) is 3.39. The molecule has 0 spiro atoms. The highest BCUT2D eigenvalue weighted by Crippen LogP contribution is 2.25. The van der Waals surface area contributed by atoms with Crippen molar-refractivity contribution >= 4 is 51.6 Å². The summed E-state index contributed by atoms with van der Waals surface area (Å²) < 4.78 is 12.0. The number of thiophene rings is 1. The molecule has 31 heavy (non-hydrogen) atoms. The number of anilines is 1. The third-order valence-corrected chi connectivity index (χ3v) is 6.75. The molecular weight excluding hydrogens is 438 g/mol. The molecule has 162 valence electrons. The van der Waals surface area contributed by atoms with Crippen LogP contribution in [0.15, 0.2) is 45.7 Å². The minimum Gasteiger partial charge on any atom is -0.465 e. The molecule has 0 aliphatic carbocycles. The Morgan fingerprint density at radius 1 is 1.35 bits per heavy atom. The lowest BCUT2D eigenvalue weighted by atomic mass is 10.2. The van der Waals surface area contributed by atoms with E-state index in [1.54, 1.807) is 28.1 Å². The van der Waals surface area contributed by atoms with Crippen LogP contribution < -0.4 is 10.9 Å². The van der Waals surface area contributed by atoms with E-state index in [0.29, 0.717) is 39.8 Å². The van der Waals surface area contributed by atoms with Crippen molar-refractivity contribution in [2.24, 2.45) is 0 Å². The lowest BCUT2D eigenvalue weighted by Crippen LogP contribution is -2.29. The van der Waals surface area contributed by atoms with E-state index in [2.05, 4.69) is 10.3 Å². The number of ether oxygens (including phenoxy) is 2. The van der Waals surface area contributed by atoms with Crippen molar-refractivity contribution in [2.75, 3.05) is 24.8 Å². The number of benzene rings is 1. The summed E-state index contributed by atoms with van der Waals surface area (Å²) in [7, 11) is 1.29. The summed E-state index contributed by atoms with van der Waals surface area (Å²) >= 11 is 2.38. The summed E-state index contributed by atoms with van der Waals surface area (Å²) in [5.74, 6) is -0.772. The smallest absolute Gasteiger partial charge is 0.350 e. The number of nitrogens with zero attached hydrogens (tertiary/aromatic N) is 2. The SMILES string of the molecule is COC(=O)c1sccc1NC(=O)CSc1nc2ccccc2c(=O)n1CC1CCCO1. The van der Waals surface area contributed by atoms with Gasteiger partial charge in [-0.2, -0.15) is 0 Å². The molecule has 1 amide bonds. The summed E-state index contributed by atoms with van der Waals surface area (Å²) in [5.41, 5.74) is 0.852. The van der Waals surface area contributed by atoms with Crippen molar-refractivity contribution in [3.63, 3.8) is 0 Å². The second-order valence-corrected chi connectivity index (χ2v) is 8.81. The number of hydrogen-bond acceptors (Lipinski definition) is 8. The Kier molecular flexibility index (Phi) is 6.69. The highest BCUT2D eigenvalue weighted by molar-refractivity contribution is 7.99. The van der Waals surface area contributed by atoms with Crippen LogP contribution in [0.1, 0.15) is 22.5 Å². The number of hydrogen-bond donors (Lipinski definition) is 1. The van der Waals surface area contributed by atoms with Crippen molar-refractivity contribution < 1.29 is 19.1 Å². The topological polar surface area (TPSA) is 99.5 Å². The van der Waals surface area contributed by atoms with Gasteiger partial charge in [0, 0.05) is 6.61 Å². The molecule has 1 N–H and O–H groups in total. The minimum absolute atomic E-state index is 0.0345. The number of nitrogens with one attached hydrogen (secondary N) is 1. The summed E-state index contributed by atoms with van der Waals surface area (Å²) in [6.07, 6.45) is 1.81. The van der Waals surface area contributed by atoms with Crippen LogP contribution in [0.25, 0.3) is 10.9 Å². The second-order valence-electron chi connectivity index (χ2n) is 6.95. The Morgan fingerprint density at radius 3 is 2.97 bits per heavy atom. The van der Waals surface area contributed by atoms with Gasteiger partial charge in [0.15, 0.2) is 5.16 Å². The Balaban J connectivity index is 1.54. The number of esters is 1. The first kappa shape index (κ1) is 21.5. The number of amides is 1. The van der Waals surface area contributed by atoms with Gasteiger partial charge in [0.05, 0.1) is 42.1 Å². The van der Waals surface area contributed by atoms with Gasteiger partial charge in [-0.15, -0.1) is 11.3 Å². The van der Waals surface area contributed by atoms with E-state index in [4.69, 9.17) is 9.47 Å². The van der Waals surface area contributed by atoms with Crippen LogP contribution in [0.5, 0.6) is 0 Å². The van der Waals surface area contributed by atoms with Crippen LogP contribution in [0.4, 0.5) is 5.69 Å². The molecule has 4 rings (SSSR count). The van der Waals surface area contributed by atoms with Gasteiger partial charge >= 0.3 is 5.97 Å². The number of carbonyl (C=O) groups is 2. The van der Waals surface area contributed by atoms with Crippen molar-refractivity contribution in [3.05, 3.63) is 50.9 Å². The normalized spacial score (nSPS) is 15.8. The van der Waals surface area contributed by atoms with E-state index >= 15 is 0 Å². The Labute approximate surface area is 186 Å². The average molecular weight is 460 g/mol. The summed E-state index contributed by atoms with van der Waals surface area (Å²) in [6.45, 7) is 1.09. The Bertz CT molecular complexity index is 1170. The standard InChI is InChI=1S/C21H21N3O5S2/c1-28-20(27)18-16(8-10-30-18)22-17(25)12-31-21-23-15-7-3-2-6-14(15)19(26)24(21)11-13-5-4-9-29-13/h2-3,6-8,10,13H,4-5,9,11-12H2,1H3,(H,22,25). The van der Waals surface area contributed by atoms with Gasteiger partial charge in [0.1, 0.15) is 4.88 Å². The Hall–Kier alpha value is -2.69. The molecule has 1 aromatic carbocycles. The minimum atomic E-state index is -0.500. The number of carbonyl (C=O) groups excluding carboxylic acids is 2. The van der Waals surface area contributed by atoms with Crippen molar-refractivity contribution in [3.8, 4) is 0 Å². The van der Waals surface area contributed by atoms with Gasteiger partial charge in [0.2, 0.25) is 5.91 Å². The number of methoxy groups -OCH3 is 1. The number of thioether (sulfide) groups is 1. The van der Waals surface area contributed by atoms with E-state index in [1.807, 2.05) is 12.1 Å². The van der Waals surface area contributed by atoms with E-state index in [1.165, 1.54) is 30.2 Å². The zero-order chi connectivity index (χ0) is 21.8. The highest BCUT2D eigenvalue weighted by Gasteiger charge is 2.21. The number of para-hydroxylation sites is 1. The van der Waals surface area contributed by atoms with Gasteiger partial charge in [-0.1, -0.05) is 23.9 Å². The molecule has 1 unspecified atom stereocenters. The summed E-state index contributed by atoms with van der Waals surface area (Å²) in [4.78, 5) is 42.4. The number of aromatic nitrogens is 2. The third kappa shape index (κ3) is 4.81. The van der Waals surface area contributed by atoms with E-state index in [0.717, 1.165) is 12.8 Å². The van der Waals surface area contributed by atoms with Gasteiger partial charge < -0.3 is 14.8 Å². The predicted molar refractivity (Wildman–Crippen MR) is 120 cm³/mol. The molecule has 2 aromatic heterocycles. The first-order chi connectivity index (χ1) is 15.1. The molecule has 3 heterocycles. The summed E-state index contributed by atoms with van der Waals surface area (Å²) in [5, 5.41) is 5.44. The zero-order valence-electron chi connectivity index (χ0n) is 16.8. The molecular formula is C21H21N3O5S2. The highest BCUT2D eigenvalue weighted by atomic mass is 32.2. The van der Waals surface area contributed by atoms with Crippen molar-refractivity contribution in [1.82, 2.24) is 9.55 Å². The van der Waals surface area contributed by atoms with E-state index in [-0.39, 0.29) is 23.3 Å². The molecule has 1 saturated heterocycles. The maximum Gasteiger partial charge on any atom is 0.350 e. The van der Waals surface area contributed by atoms with Gasteiger partial charge in [-0.25, -0.2) is 9.78 Å². The Morgan fingerprint density at radius 2 is 2.19 bits per heavy atom. The molecule has 1 aliphatic heterocycles. The molecule has 10 heteroatoms. The average Bonchev–Trinajstić information content (AvgIpc) is 3.46. The van der Waals surface area contributed by atoms with Crippen molar-refractivity contribution in [1.29, 1.82) is 0 Å². The van der Waals surface area contributed by atoms with E-state index in [9.17, 15) is 14.4 Å². The van der Waals surface area contributed by atoms with Gasteiger partial charge in [-0.05, 0) is 36.4 Å². The maximum atomic E-state index is 13.1. The van der Waals surface area contributed by atoms with Crippen LogP contribution in [-0.2, 0) is 20.8 Å². The van der Waals surface area contributed by atoms with Crippen LogP contribution >= 0.6 is 23.1 Å². The number of rotatable bonds is 7. The second kappa shape index (κ2) is 9.63. The molecule has 8 nitrogen and oxygen atoms in total. The molecule has 1 fully saturated rings. The first-order valence-electron chi connectivity index (χ1n) is 9.76. The van der Waals surface area contributed by atoms with Crippen LogP contribution in [0, 0.1) is 0 Å². The molecule has 0 saturated carbocycles. The molecule has 0 radical (unpaired) electrons. The molecule has 1 aliphatic rings. The molecule has 3 aromatic rings. The van der Waals surface area contributed by atoms with Crippen LogP contribution in [0.3, 0.4) is 0 Å². The molecule has 1 atom stereocenters. The number of fused-ring (bicyclic) bond motifs is 1. The predicted octanol–water partition coefficient (Wildman–Crippen LogP) is 3.15. The largest absolute Gasteiger partial charge is 0.465 e. The van der Waals surface area contributed by atoms with Crippen LogP contribution in [-0.4, -0.2) is 47.0 Å².